The summed E-state index contributed by atoms with van der Waals surface area (Å²) >= 11 is 1.50. The molecule has 0 radical (unpaired) electrons. The summed E-state index contributed by atoms with van der Waals surface area (Å²) in [6.45, 7) is 8.28. The van der Waals surface area contributed by atoms with Crippen molar-refractivity contribution in [2.75, 3.05) is 5.32 Å². The van der Waals surface area contributed by atoms with Crippen LogP contribution in [-0.2, 0) is 11.2 Å². The van der Waals surface area contributed by atoms with Gasteiger partial charge in [0.25, 0.3) is 5.91 Å². The molecule has 0 aliphatic carbocycles. The van der Waals surface area contributed by atoms with Crippen molar-refractivity contribution in [3.63, 3.8) is 0 Å². The minimum Gasteiger partial charge on any atom is -0.338 e. The van der Waals surface area contributed by atoms with Gasteiger partial charge in [0.05, 0.1) is 11.3 Å². The number of carbonyl (C=O) groups is 1. The fourth-order valence-electron chi connectivity index (χ4n) is 2.57. The number of rotatable bonds is 5. The van der Waals surface area contributed by atoms with Gasteiger partial charge in [0.15, 0.2) is 5.82 Å². The standard InChI is InChI=1S/C21H23N3O2S/c1-14-22-19(26-24-14)13-27-18-8-6-5-7-17(18)20(25)23-16-11-9-15(10-12-16)21(2,3)4/h5-12H,13H2,1-4H3,(H,23,25). The fraction of sp³-hybridized carbons (Fsp3) is 0.286. The molecule has 1 heterocycles. The second-order valence-corrected chi connectivity index (χ2v) is 8.32. The maximum Gasteiger partial charge on any atom is 0.256 e. The van der Waals surface area contributed by atoms with Crippen molar-refractivity contribution in [3.8, 4) is 0 Å². The first kappa shape index (κ1) is 19.2. The molecule has 0 aliphatic heterocycles. The van der Waals surface area contributed by atoms with E-state index in [1.54, 1.807) is 6.92 Å². The zero-order valence-corrected chi connectivity index (χ0v) is 16.8. The van der Waals surface area contributed by atoms with E-state index >= 15 is 0 Å². The van der Waals surface area contributed by atoms with E-state index in [0.29, 0.717) is 23.0 Å². The molecule has 1 N–H and O–H groups in total. The van der Waals surface area contributed by atoms with Crippen LogP contribution in [0, 0.1) is 6.92 Å². The van der Waals surface area contributed by atoms with Gasteiger partial charge in [0.1, 0.15) is 0 Å². The number of nitrogens with zero attached hydrogens (tertiary/aromatic N) is 2. The average molecular weight is 382 g/mol. The second kappa shape index (κ2) is 7.96. The molecule has 0 unspecified atom stereocenters. The van der Waals surface area contributed by atoms with Crippen molar-refractivity contribution < 1.29 is 9.32 Å². The highest BCUT2D eigenvalue weighted by Crippen LogP contribution is 2.27. The van der Waals surface area contributed by atoms with Crippen LogP contribution in [0.25, 0.3) is 0 Å². The summed E-state index contributed by atoms with van der Waals surface area (Å²) in [4.78, 5) is 17.8. The maximum atomic E-state index is 12.8. The lowest BCUT2D eigenvalue weighted by Gasteiger charge is -2.19. The van der Waals surface area contributed by atoms with Crippen molar-refractivity contribution in [1.29, 1.82) is 0 Å². The highest BCUT2D eigenvalue weighted by Gasteiger charge is 2.15. The maximum absolute atomic E-state index is 12.8. The van der Waals surface area contributed by atoms with Crippen molar-refractivity contribution in [3.05, 3.63) is 71.4 Å². The molecule has 0 bridgehead atoms. The molecule has 3 aromatic rings. The summed E-state index contributed by atoms with van der Waals surface area (Å²) in [7, 11) is 0. The van der Waals surface area contributed by atoms with Gasteiger partial charge in [-0.1, -0.05) is 50.2 Å². The number of nitrogens with one attached hydrogen (secondary N) is 1. The fourth-order valence-corrected chi connectivity index (χ4v) is 3.46. The summed E-state index contributed by atoms with van der Waals surface area (Å²) in [6, 6.07) is 15.5. The number of hydrogen-bond acceptors (Lipinski definition) is 5. The number of amides is 1. The Morgan fingerprint density at radius 1 is 1.11 bits per heavy atom. The summed E-state index contributed by atoms with van der Waals surface area (Å²) < 4.78 is 5.14. The summed E-state index contributed by atoms with van der Waals surface area (Å²) in [5.41, 5.74) is 2.71. The van der Waals surface area contributed by atoms with Gasteiger partial charge in [0, 0.05) is 10.6 Å². The Morgan fingerprint density at radius 2 is 1.81 bits per heavy atom. The summed E-state index contributed by atoms with van der Waals surface area (Å²) in [5, 5.41) is 6.76. The van der Waals surface area contributed by atoms with Crippen LogP contribution in [0.2, 0.25) is 0 Å². The third-order valence-corrected chi connectivity index (χ3v) is 5.12. The van der Waals surface area contributed by atoms with Crippen molar-refractivity contribution in [2.45, 2.75) is 43.8 Å². The zero-order chi connectivity index (χ0) is 19.4. The largest absolute Gasteiger partial charge is 0.338 e. The van der Waals surface area contributed by atoms with Gasteiger partial charge in [-0.2, -0.15) is 4.98 Å². The van der Waals surface area contributed by atoms with Crippen LogP contribution < -0.4 is 5.32 Å². The number of thioether (sulfide) groups is 1. The average Bonchev–Trinajstić information content (AvgIpc) is 3.05. The van der Waals surface area contributed by atoms with Crippen LogP contribution >= 0.6 is 11.8 Å². The van der Waals surface area contributed by atoms with E-state index in [4.69, 9.17) is 4.52 Å². The molecule has 27 heavy (non-hydrogen) atoms. The predicted octanol–water partition coefficient (Wildman–Crippen LogP) is 5.22. The topological polar surface area (TPSA) is 68.0 Å². The number of carbonyl (C=O) groups excluding carboxylic acids is 1. The van der Waals surface area contributed by atoms with Crippen molar-refractivity contribution in [2.24, 2.45) is 0 Å². The molecule has 6 heteroatoms. The van der Waals surface area contributed by atoms with Crippen LogP contribution in [0.15, 0.2) is 57.9 Å². The number of hydrogen-bond donors (Lipinski definition) is 1. The molecule has 2 aromatic carbocycles. The third-order valence-electron chi connectivity index (χ3n) is 4.06. The van der Waals surface area contributed by atoms with E-state index in [1.807, 2.05) is 48.5 Å². The monoisotopic (exact) mass is 381 g/mol. The quantitative estimate of drug-likeness (QED) is 0.614. The second-order valence-electron chi connectivity index (χ2n) is 7.30. The van der Waals surface area contributed by atoms with Gasteiger partial charge < -0.3 is 9.84 Å². The Morgan fingerprint density at radius 3 is 2.44 bits per heavy atom. The van der Waals surface area contributed by atoms with Crippen LogP contribution in [0.4, 0.5) is 5.69 Å². The molecule has 3 rings (SSSR count). The third kappa shape index (κ3) is 4.98. The molecule has 0 saturated carbocycles. The SMILES string of the molecule is Cc1noc(CSc2ccccc2C(=O)Nc2ccc(C(C)(C)C)cc2)n1. The van der Waals surface area contributed by atoms with Crippen LogP contribution in [0.1, 0.15) is 48.4 Å². The summed E-state index contributed by atoms with van der Waals surface area (Å²) in [6.07, 6.45) is 0. The van der Waals surface area contributed by atoms with E-state index in [0.717, 1.165) is 10.6 Å². The van der Waals surface area contributed by atoms with Gasteiger partial charge >= 0.3 is 0 Å². The molecule has 1 aromatic heterocycles. The minimum absolute atomic E-state index is 0.0822. The number of benzene rings is 2. The minimum atomic E-state index is -0.136. The molecule has 5 nitrogen and oxygen atoms in total. The van der Waals surface area contributed by atoms with Gasteiger partial charge in [-0.15, -0.1) is 11.8 Å². The lowest BCUT2D eigenvalue weighted by Crippen LogP contribution is -2.14. The Bertz CT molecular complexity index is 927. The molecular formula is C21H23N3O2S. The van der Waals surface area contributed by atoms with Crippen molar-refractivity contribution in [1.82, 2.24) is 10.1 Å². The molecule has 0 atom stereocenters. The first-order valence-corrected chi connectivity index (χ1v) is 9.74. The normalized spacial score (nSPS) is 11.4. The Kier molecular flexibility index (Phi) is 5.65. The first-order chi connectivity index (χ1) is 12.8. The molecule has 0 fully saturated rings. The van der Waals surface area contributed by atoms with Gasteiger partial charge in [-0.05, 0) is 42.2 Å². The lowest BCUT2D eigenvalue weighted by molar-refractivity contribution is 0.102. The highest BCUT2D eigenvalue weighted by atomic mass is 32.2. The van der Waals surface area contributed by atoms with Crippen molar-refractivity contribution >= 4 is 23.4 Å². The van der Waals surface area contributed by atoms with Crippen LogP contribution in [0.5, 0.6) is 0 Å². The number of anilines is 1. The molecular weight excluding hydrogens is 358 g/mol. The smallest absolute Gasteiger partial charge is 0.256 e. The van der Waals surface area contributed by atoms with Crippen LogP contribution in [-0.4, -0.2) is 16.0 Å². The Balaban J connectivity index is 1.71. The van der Waals surface area contributed by atoms with E-state index in [9.17, 15) is 4.79 Å². The zero-order valence-electron chi connectivity index (χ0n) is 15.9. The van der Waals surface area contributed by atoms with E-state index in [2.05, 4.69) is 36.2 Å². The molecule has 0 saturated heterocycles. The number of aromatic nitrogens is 2. The van der Waals surface area contributed by atoms with E-state index < -0.39 is 0 Å². The van der Waals surface area contributed by atoms with E-state index in [-0.39, 0.29) is 11.3 Å². The van der Waals surface area contributed by atoms with Crippen LogP contribution in [0.3, 0.4) is 0 Å². The molecule has 0 aliphatic rings. The van der Waals surface area contributed by atoms with E-state index in [1.165, 1.54) is 17.3 Å². The number of aryl methyl sites for hydroxylation is 1. The summed E-state index contributed by atoms with van der Waals surface area (Å²) in [5.74, 6) is 1.54. The molecule has 140 valence electrons. The molecule has 1 amide bonds. The van der Waals surface area contributed by atoms with Gasteiger partial charge in [-0.25, -0.2) is 0 Å². The highest BCUT2D eigenvalue weighted by molar-refractivity contribution is 7.98. The predicted molar refractivity (Wildman–Crippen MR) is 108 cm³/mol. The Hall–Kier alpha value is -2.60. The first-order valence-electron chi connectivity index (χ1n) is 8.76. The Labute approximate surface area is 163 Å². The molecule has 0 spiro atoms. The lowest BCUT2D eigenvalue weighted by atomic mass is 9.87. The van der Waals surface area contributed by atoms with Gasteiger partial charge in [0.2, 0.25) is 5.89 Å². The van der Waals surface area contributed by atoms with Gasteiger partial charge in [-0.3, -0.25) is 4.79 Å².